The van der Waals surface area contributed by atoms with E-state index in [0.29, 0.717) is 16.4 Å². The lowest BCUT2D eigenvalue weighted by molar-refractivity contribution is -0.114. The molecule has 0 radical (unpaired) electrons. The van der Waals surface area contributed by atoms with Gasteiger partial charge < -0.3 is 5.32 Å². The fourth-order valence-corrected chi connectivity index (χ4v) is 2.28. The maximum atomic E-state index is 12.0. The summed E-state index contributed by atoms with van der Waals surface area (Å²) in [4.78, 5) is 27.0. The summed E-state index contributed by atoms with van der Waals surface area (Å²) in [6, 6.07) is 6.79. The zero-order valence-corrected chi connectivity index (χ0v) is 12.0. The summed E-state index contributed by atoms with van der Waals surface area (Å²) in [6.45, 7) is 3.24. The van der Waals surface area contributed by atoms with Crippen molar-refractivity contribution < 1.29 is 9.59 Å². The molecular weight excluding hydrogens is 276 g/mol. The lowest BCUT2D eigenvalue weighted by Gasteiger charge is -2.03. The number of thioether (sulfide) groups is 1. The van der Waals surface area contributed by atoms with Crippen LogP contribution in [0.5, 0.6) is 0 Å². The molecule has 20 heavy (non-hydrogen) atoms. The fraction of sp³-hybridized carbons (Fsp3) is 0.231. The molecule has 1 heterocycles. The van der Waals surface area contributed by atoms with Crippen LogP contribution in [0.3, 0.4) is 0 Å². The first-order valence-electron chi connectivity index (χ1n) is 5.97. The van der Waals surface area contributed by atoms with Crippen LogP contribution in [-0.4, -0.2) is 32.6 Å². The number of anilines is 1. The van der Waals surface area contributed by atoms with Gasteiger partial charge in [-0.25, -0.2) is 4.98 Å². The second kappa shape index (κ2) is 6.33. The zero-order valence-electron chi connectivity index (χ0n) is 11.1. The number of carbonyl (C=O) groups is 2. The molecule has 0 aliphatic carbocycles. The van der Waals surface area contributed by atoms with Crippen LogP contribution in [0.1, 0.15) is 23.1 Å². The molecule has 7 heteroatoms. The topological polar surface area (TPSA) is 87.7 Å². The molecule has 0 saturated carbocycles. The predicted octanol–water partition coefficient (Wildman–Crippen LogP) is 2.05. The van der Waals surface area contributed by atoms with Gasteiger partial charge in [0.1, 0.15) is 5.82 Å². The number of aromatic amines is 1. The maximum Gasteiger partial charge on any atom is 0.221 e. The number of nitrogens with zero attached hydrogens (tertiary/aromatic N) is 2. The average Bonchev–Trinajstić information content (AvgIpc) is 2.82. The molecule has 0 aliphatic rings. The van der Waals surface area contributed by atoms with Crippen molar-refractivity contribution in [3.8, 4) is 0 Å². The van der Waals surface area contributed by atoms with E-state index in [2.05, 4.69) is 20.5 Å². The third kappa shape index (κ3) is 3.92. The van der Waals surface area contributed by atoms with Crippen LogP contribution in [0.4, 0.5) is 5.69 Å². The number of Topliss-reactive ketones (excluding diaryl/α,β-unsaturated/α-hetero) is 1. The van der Waals surface area contributed by atoms with Gasteiger partial charge >= 0.3 is 0 Å². The number of H-pyrrole nitrogens is 1. The van der Waals surface area contributed by atoms with Crippen molar-refractivity contribution in [1.29, 1.82) is 0 Å². The summed E-state index contributed by atoms with van der Waals surface area (Å²) in [5.41, 5.74) is 1.27. The maximum absolute atomic E-state index is 12.0. The molecule has 0 atom stereocenters. The van der Waals surface area contributed by atoms with Gasteiger partial charge in [-0.3, -0.25) is 14.7 Å². The number of carbonyl (C=O) groups excluding carboxylic acids is 2. The second-order valence-electron chi connectivity index (χ2n) is 4.17. The van der Waals surface area contributed by atoms with E-state index >= 15 is 0 Å². The second-order valence-corrected chi connectivity index (χ2v) is 5.12. The Morgan fingerprint density at radius 1 is 1.30 bits per heavy atom. The van der Waals surface area contributed by atoms with E-state index in [-0.39, 0.29) is 17.4 Å². The third-order valence-electron chi connectivity index (χ3n) is 2.44. The minimum Gasteiger partial charge on any atom is -0.326 e. The van der Waals surface area contributed by atoms with Crippen LogP contribution in [-0.2, 0) is 4.79 Å². The van der Waals surface area contributed by atoms with Gasteiger partial charge in [0, 0.05) is 18.2 Å². The zero-order chi connectivity index (χ0) is 14.5. The van der Waals surface area contributed by atoms with Crippen molar-refractivity contribution >= 4 is 29.1 Å². The molecule has 2 aromatic rings. The predicted molar refractivity (Wildman–Crippen MR) is 76.9 cm³/mol. The molecule has 0 spiro atoms. The van der Waals surface area contributed by atoms with E-state index in [9.17, 15) is 9.59 Å². The highest BCUT2D eigenvalue weighted by molar-refractivity contribution is 7.99. The molecule has 0 saturated heterocycles. The molecule has 0 bridgehead atoms. The van der Waals surface area contributed by atoms with Gasteiger partial charge in [0.15, 0.2) is 5.78 Å². The van der Waals surface area contributed by atoms with Gasteiger partial charge in [-0.2, -0.15) is 0 Å². The average molecular weight is 290 g/mol. The van der Waals surface area contributed by atoms with E-state index in [1.807, 2.05) is 0 Å². The van der Waals surface area contributed by atoms with Gasteiger partial charge in [0.25, 0.3) is 0 Å². The molecule has 2 rings (SSSR count). The Morgan fingerprint density at radius 3 is 2.55 bits per heavy atom. The summed E-state index contributed by atoms with van der Waals surface area (Å²) in [5, 5.41) is 9.89. The Hall–Kier alpha value is -2.15. The van der Waals surface area contributed by atoms with Crippen LogP contribution in [0, 0.1) is 6.92 Å². The molecule has 1 amide bonds. The van der Waals surface area contributed by atoms with Gasteiger partial charge in [-0.15, -0.1) is 5.10 Å². The van der Waals surface area contributed by atoms with E-state index in [1.165, 1.54) is 18.7 Å². The molecule has 1 aromatic heterocycles. The number of rotatable bonds is 5. The number of amides is 1. The highest BCUT2D eigenvalue weighted by Crippen LogP contribution is 2.16. The van der Waals surface area contributed by atoms with Gasteiger partial charge in [-0.1, -0.05) is 11.8 Å². The Morgan fingerprint density at radius 2 is 2.00 bits per heavy atom. The standard InChI is InChI=1S/C13H14N4O2S/c1-8-14-13(17-16-8)20-7-12(19)10-3-5-11(6-4-10)15-9(2)18/h3-6H,7H2,1-2H3,(H,15,18)(H,14,16,17). The Kier molecular flexibility index (Phi) is 4.52. The van der Waals surface area contributed by atoms with Gasteiger partial charge in [0.05, 0.1) is 5.75 Å². The number of aryl methyl sites for hydroxylation is 1. The summed E-state index contributed by atoms with van der Waals surface area (Å²) >= 11 is 1.29. The van der Waals surface area contributed by atoms with Crippen molar-refractivity contribution in [3.05, 3.63) is 35.7 Å². The number of benzene rings is 1. The van der Waals surface area contributed by atoms with Crippen LogP contribution in [0.2, 0.25) is 0 Å². The van der Waals surface area contributed by atoms with Crippen LogP contribution in [0.15, 0.2) is 29.4 Å². The number of ketones is 1. The van der Waals surface area contributed by atoms with Crippen molar-refractivity contribution in [3.63, 3.8) is 0 Å². The van der Waals surface area contributed by atoms with E-state index < -0.39 is 0 Å². The smallest absolute Gasteiger partial charge is 0.221 e. The van der Waals surface area contributed by atoms with E-state index in [0.717, 1.165) is 5.82 Å². The van der Waals surface area contributed by atoms with Crippen LogP contribution >= 0.6 is 11.8 Å². The summed E-state index contributed by atoms with van der Waals surface area (Å²) in [7, 11) is 0. The highest BCUT2D eigenvalue weighted by atomic mass is 32.2. The first-order chi connectivity index (χ1) is 9.54. The molecule has 0 unspecified atom stereocenters. The van der Waals surface area contributed by atoms with Crippen molar-refractivity contribution in [2.45, 2.75) is 19.0 Å². The molecule has 0 aliphatic heterocycles. The van der Waals surface area contributed by atoms with Gasteiger partial charge in [0.2, 0.25) is 11.1 Å². The Bertz CT molecular complexity index is 622. The number of nitrogens with one attached hydrogen (secondary N) is 2. The Balaban J connectivity index is 1.93. The molecule has 6 nitrogen and oxygen atoms in total. The number of aromatic nitrogens is 3. The normalized spacial score (nSPS) is 10.3. The monoisotopic (exact) mass is 290 g/mol. The number of hydrogen-bond acceptors (Lipinski definition) is 5. The molecule has 2 N–H and O–H groups in total. The van der Waals surface area contributed by atoms with Gasteiger partial charge in [-0.05, 0) is 31.2 Å². The first kappa shape index (κ1) is 14.3. The summed E-state index contributed by atoms with van der Waals surface area (Å²) in [5.74, 6) is 0.850. The van der Waals surface area contributed by atoms with Crippen molar-refractivity contribution in [2.75, 3.05) is 11.1 Å². The minimum atomic E-state index is -0.139. The van der Waals surface area contributed by atoms with Crippen molar-refractivity contribution in [2.24, 2.45) is 0 Å². The Labute approximate surface area is 120 Å². The number of hydrogen-bond donors (Lipinski definition) is 2. The summed E-state index contributed by atoms with van der Waals surface area (Å²) < 4.78 is 0. The third-order valence-corrected chi connectivity index (χ3v) is 3.28. The largest absolute Gasteiger partial charge is 0.326 e. The van der Waals surface area contributed by atoms with E-state index in [1.54, 1.807) is 31.2 Å². The van der Waals surface area contributed by atoms with Crippen molar-refractivity contribution in [1.82, 2.24) is 15.2 Å². The molecule has 104 valence electrons. The summed E-state index contributed by atoms with van der Waals surface area (Å²) in [6.07, 6.45) is 0. The lowest BCUT2D eigenvalue weighted by atomic mass is 10.1. The molecular formula is C13H14N4O2S. The lowest BCUT2D eigenvalue weighted by Crippen LogP contribution is -2.07. The molecule has 0 fully saturated rings. The molecule has 1 aromatic carbocycles. The highest BCUT2D eigenvalue weighted by Gasteiger charge is 2.09. The van der Waals surface area contributed by atoms with Crippen LogP contribution in [0.25, 0.3) is 0 Å². The quantitative estimate of drug-likeness (QED) is 0.650. The fourth-order valence-electron chi connectivity index (χ4n) is 1.54. The minimum absolute atomic E-state index is 0.00757. The van der Waals surface area contributed by atoms with Crippen LogP contribution < -0.4 is 5.32 Å². The SMILES string of the molecule is CC(=O)Nc1ccc(C(=O)CSc2n[nH]c(C)n2)cc1. The first-order valence-corrected chi connectivity index (χ1v) is 6.96. The van der Waals surface area contributed by atoms with E-state index in [4.69, 9.17) is 0 Å².